The van der Waals surface area contributed by atoms with Crippen LogP contribution in [0, 0.1) is 26.2 Å². The van der Waals surface area contributed by atoms with Gasteiger partial charge in [-0.05, 0) is 50.6 Å². The van der Waals surface area contributed by atoms with Crippen molar-refractivity contribution in [2.75, 3.05) is 19.0 Å². The highest BCUT2D eigenvalue weighted by atomic mass is 32.2. The Kier molecular flexibility index (Phi) is 6.15. The summed E-state index contributed by atoms with van der Waals surface area (Å²) in [7, 11) is 1.60. The van der Waals surface area contributed by atoms with E-state index >= 15 is 0 Å². The maximum Gasteiger partial charge on any atom is 0.238 e. The summed E-state index contributed by atoms with van der Waals surface area (Å²) in [5, 5.41) is 7.52. The van der Waals surface area contributed by atoms with E-state index in [1.165, 1.54) is 0 Å². The summed E-state index contributed by atoms with van der Waals surface area (Å²) in [5.74, 6) is 4.30. The van der Waals surface area contributed by atoms with Crippen molar-refractivity contribution in [3.05, 3.63) is 64.8 Å². The molecule has 7 heteroatoms. The molecule has 2 aromatic carbocycles. The lowest BCUT2D eigenvalue weighted by Gasteiger charge is -2.19. The zero-order valence-electron chi connectivity index (χ0n) is 18.5. The topological polar surface area (TPSA) is 65.4 Å². The molecule has 0 saturated heterocycles. The van der Waals surface area contributed by atoms with E-state index in [9.17, 15) is 4.79 Å². The number of nitrogens with zero attached hydrogens (tertiary/aromatic N) is 2. The van der Waals surface area contributed by atoms with Gasteiger partial charge >= 0.3 is 0 Å². The van der Waals surface area contributed by atoms with Gasteiger partial charge in [-0.1, -0.05) is 29.7 Å². The molecule has 0 aliphatic carbocycles. The van der Waals surface area contributed by atoms with E-state index in [4.69, 9.17) is 21.0 Å². The van der Waals surface area contributed by atoms with Crippen LogP contribution < -0.4 is 14.8 Å². The van der Waals surface area contributed by atoms with Crippen LogP contribution in [-0.2, 0) is 4.79 Å². The van der Waals surface area contributed by atoms with Crippen molar-refractivity contribution < 1.29 is 14.3 Å². The fraction of sp³-hybridized carbons (Fsp3) is 0.280. The van der Waals surface area contributed by atoms with Crippen LogP contribution in [-0.4, -0.2) is 34.7 Å². The van der Waals surface area contributed by atoms with Gasteiger partial charge in [0.15, 0.2) is 11.5 Å². The lowest BCUT2D eigenvalue weighted by atomic mass is 10.0. The van der Waals surface area contributed by atoms with Crippen LogP contribution in [0.25, 0.3) is 5.69 Å². The third-order valence-corrected chi connectivity index (χ3v) is 6.80. The number of carbonyl (C=O) groups excluding carboxylic acids is 1. The maximum absolute atomic E-state index is 12.9. The van der Waals surface area contributed by atoms with Crippen molar-refractivity contribution >= 4 is 23.5 Å². The standard InChI is InChI=1S/C25H25N3O3S/c1-6-13-31-20-12-9-18(14-21(20)30-5)23-22-16(3)27-28(19-10-7-15(2)8-11-19)24(22)26-25(29)17(4)32-23/h1,7-12,14,17,23H,13H2,2-5H3,(H,26,29). The van der Waals surface area contributed by atoms with Gasteiger partial charge in [-0.15, -0.1) is 18.2 Å². The highest BCUT2D eigenvalue weighted by molar-refractivity contribution is 8.01. The van der Waals surface area contributed by atoms with E-state index in [-0.39, 0.29) is 23.0 Å². The van der Waals surface area contributed by atoms with Crippen molar-refractivity contribution in [3.8, 4) is 29.5 Å². The van der Waals surface area contributed by atoms with Crippen molar-refractivity contribution in [2.45, 2.75) is 31.3 Å². The summed E-state index contributed by atoms with van der Waals surface area (Å²) in [6.45, 7) is 6.09. The molecule has 0 spiro atoms. The van der Waals surface area contributed by atoms with Crippen molar-refractivity contribution in [2.24, 2.45) is 0 Å². The Labute approximate surface area is 192 Å². The molecule has 4 rings (SSSR count). The molecule has 3 aromatic rings. The van der Waals surface area contributed by atoms with E-state index in [2.05, 4.69) is 11.2 Å². The summed E-state index contributed by atoms with van der Waals surface area (Å²) in [4.78, 5) is 12.9. The third kappa shape index (κ3) is 4.06. The van der Waals surface area contributed by atoms with Gasteiger partial charge < -0.3 is 14.8 Å². The maximum atomic E-state index is 12.9. The average Bonchev–Trinajstić information content (AvgIpc) is 3.04. The number of amides is 1. The van der Waals surface area contributed by atoms with Crippen LogP contribution in [0.3, 0.4) is 0 Å². The van der Waals surface area contributed by atoms with Crippen LogP contribution in [0.5, 0.6) is 11.5 Å². The summed E-state index contributed by atoms with van der Waals surface area (Å²) >= 11 is 1.59. The van der Waals surface area contributed by atoms with Crippen LogP contribution in [0.1, 0.15) is 34.6 Å². The van der Waals surface area contributed by atoms with Gasteiger partial charge in [0.2, 0.25) is 5.91 Å². The Morgan fingerprint density at radius 3 is 2.62 bits per heavy atom. The zero-order valence-corrected chi connectivity index (χ0v) is 19.3. The minimum Gasteiger partial charge on any atom is -0.493 e. The minimum absolute atomic E-state index is 0.0482. The van der Waals surface area contributed by atoms with Crippen molar-refractivity contribution in [1.82, 2.24) is 9.78 Å². The number of fused-ring (bicyclic) bond motifs is 1. The highest BCUT2D eigenvalue weighted by Crippen LogP contribution is 2.47. The summed E-state index contributed by atoms with van der Waals surface area (Å²) in [6, 6.07) is 13.9. The van der Waals surface area contributed by atoms with Gasteiger partial charge in [0.1, 0.15) is 12.4 Å². The molecule has 0 saturated carbocycles. The molecule has 0 bridgehead atoms. The predicted octanol–water partition coefficient (Wildman–Crippen LogP) is 4.67. The monoisotopic (exact) mass is 447 g/mol. The molecule has 2 unspecified atom stereocenters. The number of aromatic nitrogens is 2. The van der Waals surface area contributed by atoms with Crippen LogP contribution in [0.4, 0.5) is 5.82 Å². The first kappa shape index (κ1) is 21.8. The number of terminal acetylenes is 1. The van der Waals surface area contributed by atoms with E-state index in [1.807, 2.05) is 67.9 Å². The van der Waals surface area contributed by atoms with Gasteiger partial charge in [-0.2, -0.15) is 5.10 Å². The second kappa shape index (κ2) is 9.01. The smallest absolute Gasteiger partial charge is 0.238 e. The lowest BCUT2D eigenvalue weighted by Crippen LogP contribution is -2.22. The first-order chi connectivity index (χ1) is 15.4. The Bertz CT molecular complexity index is 1190. The fourth-order valence-electron chi connectivity index (χ4n) is 3.73. The molecule has 1 aliphatic heterocycles. The van der Waals surface area contributed by atoms with Crippen LogP contribution in [0.2, 0.25) is 0 Å². The Balaban J connectivity index is 1.84. The van der Waals surface area contributed by atoms with Gasteiger partial charge in [0.05, 0.1) is 29.0 Å². The molecule has 0 radical (unpaired) electrons. The molecule has 164 valence electrons. The second-order valence-corrected chi connectivity index (χ2v) is 9.10. The fourth-order valence-corrected chi connectivity index (χ4v) is 5.04. The molecule has 1 aromatic heterocycles. The molecule has 6 nitrogen and oxygen atoms in total. The molecule has 0 fully saturated rings. The number of rotatable bonds is 5. The predicted molar refractivity (Wildman–Crippen MR) is 128 cm³/mol. The van der Waals surface area contributed by atoms with Crippen molar-refractivity contribution in [1.29, 1.82) is 0 Å². The summed E-state index contributed by atoms with van der Waals surface area (Å²) in [6.07, 6.45) is 5.32. The Morgan fingerprint density at radius 2 is 1.94 bits per heavy atom. The quantitative estimate of drug-likeness (QED) is 0.576. The van der Waals surface area contributed by atoms with E-state index in [1.54, 1.807) is 18.9 Å². The molecule has 2 atom stereocenters. The van der Waals surface area contributed by atoms with Crippen LogP contribution >= 0.6 is 11.8 Å². The lowest BCUT2D eigenvalue weighted by molar-refractivity contribution is -0.115. The SMILES string of the molecule is C#CCOc1ccc(C2SC(C)C(=O)Nc3c2c(C)nn3-c2ccc(C)cc2)cc1OC. The number of thioether (sulfide) groups is 1. The minimum atomic E-state index is -0.248. The van der Waals surface area contributed by atoms with E-state index < -0.39 is 0 Å². The molecular formula is C25H25N3O3S. The number of hydrogen-bond donors (Lipinski definition) is 1. The van der Waals surface area contributed by atoms with Gasteiger partial charge in [0.25, 0.3) is 0 Å². The second-order valence-electron chi connectivity index (χ2n) is 7.65. The Hall–Kier alpha value is -3.37. The van der Waals surface area contributed by atoms with Crippen molar-refractivity contribution in [3.63, 3.8) is 0 Å². The molecule has 2 heterocycles. The third-order valence-electron chi connectivity index (χ3n) is 5.40. The zero-order chi connectivity index (χ0) is 22.8. The first-order valence-electron chi connectivity index (χ1n) is 10.3. The number of nitrogens with one attached hydrogen (secondary N) is 1. The largest absolute Gasteiger partial charge is 0.493 e. The summed E-state index contributed by atoms with van der Waals surface area (Å²) < 4.78 is 13.0. The number of ether oxygens (including phenoxy) is 2. The molecule has 1 amide bonds. The van der Waals surface area contributed by atoms with Gasteiger partial charge in [-0.25, -0.2) is 4.68 Å². The molecule has 1 N–H and O–H groups in total. The number of benzene rings is 2. The van der Waals surface area contributed by atoms with Crippen LogP contribution in [0.15, 0.2) is 42.5 Å². The molecule has 1 aliphatic rings. The highest BCUT2D eigenvalue weighted by Gasteiger charge is 2.34. The van der Waals surface area contributed by atoms with E-state index in [0.717, 1.165) is 28.1 Å². The van der Waals surface area contributed by atoms with Gasteiger partial charge in [-0.3, -0.25) is 4.79 Å². The first-order valence-corrected chi connectivity index (χ1v) is 11.2. The Morgan fingerprint density at radius 1 is 1.19 bits per heavy atom. The number of anilines is 1. The average molecular weight is 448 g/mol. The number of carbonyl (C=O) groups is 1. The normalized spacial score (nSPS) is 17.7. The number of methoxy groups -OCH3 is 1. The van der Waals surface area contributed by atoms with E-state index in [0.29, 0.717) is 17.3 Å². The molecule has 32 heavy (non-hydrogen) atoms. The number of aryl methyl sites for hydroxylation is 2. The number of hydrogen-bond acceptors (Lipinski definition) is 5. The van der Waals surface area contributed by atoms with Gasteiger partial charge in [0, 0.05) is 5.56 Å². The molecular weight excluding hydrogens is 422 g/mol. The summed E-state index contributed by atoms with van der Waals surface area (Å²) in [5.41, 5.74) is 4.89.